The third-order valence-corrected chi connectivity index (χ3v) is 4.86. The van der Waals surface area contributed by atoms with Crippen molar-refractivity contribution in [3.63, 3.8) is 0 Å². The van der Waals surface area contributed by atoms with Gasteiger partial charge in [-0.3, -0.25) is 4.79 Å². The van der Waals surface area contributed by atoms with E-state index in [4.69, 9.17) is 5.11 Å². The highest BCUT2D eigenvalue weighted by molar-refractivity contribution is 5.66. The van der Waals surface area contributed by atoms with Gasteiger partial charge < -0.3 is 20.4 Å². The largest absolute Gasteiger partial charge is 0.481 e. The number of carbonyl (C=O) groups is 1. The highest BCUT2D eigenvalue weighted by Crippen LogP contribution is 2.36. The fraction of sp³-hybridized carbons (Fsp3) is 0.667. The monoisotopic (exact) mass is 364 g/mol. The Balaban J connectivity index is 2.60. The normalized spacial score (nSPS) is 28.2. The van der Waals surface area contributed by atoms with Crippen LogP contribution in [-0.4, -0.2) is 44.2 Å². The van der Waals surface area contributed by atoms with E-state index in [0.29, 0.717) is 38.5 Å². The first kappa shape index (κ1) is 22.4. The summed E-state index contributed by atoms with van der Waals surface area (Å²) in [5.74, 6) is 4.62. The SMILES string of the molecule is CC#CCCC(C)(O)C=C[C@@H]1[C@@H](CC=CCCCC(=O)O)[C@@H](O)C[C@H]1O. The molecular formula is C21H32O5. The summed E-state index contributed by atoms with van der Waals surface area (Å²) >= 11 is 0. The molecule has 0 amide bonds. The summed E-state index contributed by atoms with van der Waals surface area (Å²) in [6.45, 7) is 3.48. The molecule has 4 N–H and O–H groups in total. The minimum atomic E-state index is -0.992. The van der Waals surface area contributed by atoms with Crippen LogP contribution in [0.3, 0.4) is 0 Å². The molecule has 5 nitrogen and oxygen atoms in total. The van der Waals surface area contributed by atoms with Crippen molar-refractivity contribution in [1.82, 2.24) is 0 Å². The predicted octanol–water partition coefficient (Wildman–Crippen LogP) is 2.66. The smallest absolute Gasteiger partial charge is 0.303 e. The topological polar surface area (TPSA) is 98.0 Å². The molecule has 0 aromatic carbocycles. The van der Waals surface area contributed by atoms with Crippen molar-refractivity contribution in [3.8, 4) is 11.8 Å². The lowest BCUT2D eigenvalue weighted by Gasteiger charge is -2.22. The van der Waals surface area contributed by atoms with Crippen molar-refractivity contribution >= 4 is 5.97 Å². The molecule has 0 saturated heterocycles. The summed E-state index contributed by atoms with van der Waals surface area (Å²) in [5.41, 5.74) is -0.992. The summed E-state index contributed by atoms with van der Waals surface area (Å²) in [6, 6.07) is 0. The van der Waals surface area contributed by atoms with Gasteiger partial charge in [-0.25, -0.2) is 0 Å². The van der Waals surface area contributed by atoms with E-state index in [-0.39, 0.29) is 18.3 Å². The molecule has 0 spiro atoms. The molecule has 1 unspecified atom stereocenters. The van der Waals surface area contributed by atoms with Crippen LogP contribution in [0.5, 0.6) is 0 Å². The number of aliphatic hydroxyl groups is 3. The number of aliphatic hydroxyl groups excluding tert-OH is 2. The highest BCUT2D eigenvalue weighted by Gasteiger charge is 2.39. The molecule has 1 aliphatic rings. The maximum Gasteiger partial charge on any atom is 0.303 e. The predicted molar refractivity (Wildman–Crippen MR) is 101 cm³/mol. The Morgan fingerprint density at radius 1 is 1.27 bits per heavy atom. The molecule has 1 fully saturated rings. The van der Waals surface area contributed by atoms with E-state index in [1.165, 1.54) is 0 Å². The third kappa shape index (κ3) is 8.18. The molecular weight excluding hydrogens is 332 g/mol. The molecule has 1 rings (SSSR count). The highest BCUT2D eigenvalue weighted by atomic mass is 16.4. The second-order valence-corrected chi connectivity index (χ2v) is 7.25. The first-order valence-corrected chi connectivity index (χ1v) is 9.31. The number of carboxylic acids is 1. The molecule has 26 heavy (non-hydrogen) atoms. The molecule has 0 aliphatic heterocycles. The molecule has 5 atom stereocenters. The van der Waals surface area contributed by atoms with E-state index >= 15 is 0 Å². The third-order valence-electron chi connectivity index (χ3n) is 4.86. The van der Waals surface area contributed by atoms with Crippen molar-refractivity contribution in [2.75, 3.05) is 0 Å². The molecule has 0 heterocycles. The van der Waals surface area contributed by atoms with E-state index in [0.717, 1.165) is 0 Å². The van der Waals surface area contributed by atoms with Crippen LogP contribution in [0, 0.1) is 23.7 Å². The number of allylic oxidation sites excluding steroid dienone is 2. The van der Waals surface area contributed by atoms with E-state index in [9.17, 15) is 20.1 Å². The Bertz CT molecular complexity index is 552. The van der Waals surface area contributed by atoms with Gasteiger partial charge in [-0.15, -0.1) is 11.8 Å². The minimum absolute atomic E-state index is 0.108. The molecule has 0 bridgehead atoms. The van der Waals surface area contributed by atoms with Gasteiger partial charge in [0.25, 0.3) is 0 Å². The summed E-state index contributed by atoms with van der Waals surface area (Å²) in [6.07, 6.45) is 9.69. The quantitative estimate of drug-likeness (QED) is 0.271. The van der Waals surface area contributed by atoms with Gasteiger partial charge >= 0.3 is 5.97 Å². The van der Waals surface area contributed by atoms with Crippen LogP contribution in [0.4, 0.5) is 0 Å². The van der Waals surface area contributed by atoms with E-state index in [2.05, 4.69) is 11.8 Å². The fourth-order valence-electron chi connectivity index (χ4n) is 3.29. The molecule has 0 aromatic rings. The van der Waals surface area contributed by atoms with Gasteiger partial charge in [-0.2, -0.15) is 0 Å². The molecule has 1 saturated carbocycles. The van der Waals surface area contributed by atoms with E-state index < -0.39 is 23.8 Å². The van der Waals surface area contributed by atoms with Crippen LogP contribution in [0.2, 0.25) is 0 Å². The lowest BCUT2D eigenvalue weighted by atomic mass is 9.88. The Hall–Kier alpha value is -1.61. The van der Waals surface area contributed by atoms with Crippen LogP contribution in [0.15, 0.2) is 24.3 Å². The van der Waals surface area contributed by atoms with E-state index in [1.807, 2.05) is 18.2 Å². The number of hydrogen-bond acceptors (Lipinski definition) is 4. The summed E-state index contributed by atoms with van der Waals surface area (Å²) in [5, 5.41) is 39.5. The lowest BCUT2D eigenvalue weighted by molar-refractivity contribution is -0.137. The Kier molecular flexibility index (Phi) is 9.64. The van der Waals surface area contributed by atoms with Crippen molar-refractivity contribution in [2.45, 2.75) is 76.6 Å². The van der Waals surface area contributed by atoms with Crippen LogP contribution < -0.4 is 0 Å². The second-order valence-electron chi connectivity index (χ2n) is 7.25. The zero-order valence-electron chi connectivity index (χ0n) is 15.8. The molecule has 5 heteroatoms. The molecule has 0 radical (unpaired) electrons. The maximum atomic E-state index is 10.5. The lowest BCUT2D eigenvalue weighted by Crippen LogP contribution is -2.24. The van der Waals surface area contributed by atoms with Crippen molar-refractivity contribution in [3.05, 3.63) is 24.3 Å². The fourth-order valence-corrected chi connectivity index (χ4v) is 3.29. The molecule has 1 aliphatic carbocycles. The van der Waals surface area contributed by atoms with Crippen molar-refractivity contribution in [1.29, 1.82) is 0 Å². The van der Waals surface area contributed by atoms with Gasteiger partial charge in [0.2, 0.25) is 0 Å². The molecule has 146 valence electrons. The van der Waals surface area contributed by atoms with E-state index in [1.54, 1.807) is 19.9 Å². The minimum Gasteiger partial charge on any atom is -0.481 e. The summed E-state index contributed by atoms with van der Waals surface area (Å²) in [7, 11) is 0. The van der Waals surface area contributed by atoms with Crippen LogP contribution in [0.25, 0.3) is 0 Å². The first-order valence-electron chi connectivity index (χ1n) is 9.31. The average molecular weight is 364 g/mol. The van der Waals surface area contributed by atoms with Crippen LogP contribution in [0.1, 0.15) is 58.8 Å². The number of rotatable bonds is 10. The standard InChI is InChI=1S/C21H32O5/c1-3-4-9-13-21(2,26)14-12-17-16(18(22)15-19(17)23)10-7-5-6-8-11-20(24)25/h5,7,12,14,16-19,22-23,26H,6,8-11,13,15H2,1-2H3,(H,24,25)/t16-,17-,18+,19-,21?/m1/s1. The van der Waals surface area contributed by atoms with Crippen molar-refractivity contribution < 1.29 is 25.2 Å². The Labute approximate surface area is 156 Å². The zero-order valence-corrected chi connectivity index (χ0v) is 15.8. The van der Waals surface area contributed by atoms with Crippen molar-refractivity contribution in [2.24, 2.45) is 11.8 Å². The van der Waals surface area contributed by atoms with Gasteiger partial charge in [0.05, 0.1) is 17.8 Å². The van der Waals surface area contributed by atoms with Crippen LogP contribution >= 0.6 is 0 Å². The number of unbranched alkanes of at least 4 members (excludes halogenated alkanes) is 1. The Morgan fingerprint density at radius 2 is 2.00 bits per heavy atom. The number of carboxylic acid groups (broad SMARTS) is 1. The summed E-state index contributed by atoms with van der Waals surface area (Å²) in [4.78, 5) is 10.5. The first-order chi connectivity index (χ1) is 12.3. The van der Waals surface area contributed by atoms with Gasteiger partial charge in [-0.1, -0.05) is 24.3 Å². The maximum absolute atomic E-state index is 10.5. The van der Waals surface area contributed by atoms with Gasteiger partial charge in [0.1, 0.15) is 0 Å². The second kappa shape index (κ2) is 11.2. The average Bonchev–Trinajstić information content (AvgIpc) is 2.82. The van der Waals surface area contributed by atoms with Crippen LogP contribution in [-0.2, 0) is 4.79 Å². The van der Waals surface area contributed by atoms with Gasteiger partial charge in [0.15, 0.2) is 0 Å². The Morgan fingerprint density at radius 3 is 2.65 bits per heavy atom. The van der Waals surface area contributed by atoms with Gasteiger partial charge in [-0.05, 0) is 45.4 Å². The number of aliphatic carboxylic acids is 1. The van der Waals surface area contributed by atoms with Gasteiger partial charge in [0, 0.05) is 25.2 Å². The zero-order chi connectivity index (χ0) is 19.6. The molecule has 0 aromatic heterocycles. The number of hydrogen-bond donors (Lipinski definition) is 4. The summed E-state index contributed by atoms with van der Waals surface area (Å²) < 4.78 is 0.